The Morgan fingerprint density at radius 2 is 1.95 bits per heavy atom. The number of anilines is 1. The summed E-state index contributed by atoms with van der Waals surface area (Å²) in [4.78, 5) is 1.41. The lowest BCUT2D eigenvalue weighted by Gasteiger charge is -2.33. The quantitative estimate of drug-likeness (QED) is 0.864. The molecule has 1 N–H and O–H groups in total. The molecule has 0 radical (unpaired) electrons. The summed E-state index contributed by atoms with van der Waals surface area (Å²) in [6, 6.07) is 4.54. The number of hydrogen-bond donors (Lipinski definition) is 1. The third-order valence-corrected chi connectivity index (χ3v) is 3.51. The second kappa shape index (κ2) is 6.51. The summed E-state index contributed by atoms with van der Waals surface area (Å²) in [6.45, 7) is -0.0604. The van der Waals surface area contributed by atoms with Gasteiger partial charge in [0.25, 0.3) is 0 Å². The summed E-state index contributed by atoms with van der Waals surface area (Å²) in [7, 11) is 1.39. The molecule has 0 aliphatic carbocycles. The van der Waals surface area contributed by atoms with Crippen LogP contribution >= 0.6 is 0 Å². The highest BCUT2D eigenvalue weighted by Crippen LogP contribution is 2.25. The van der Waals surface area contributed by atoms with E-state index in [2.05, 4.69) is 5.32 Å². The van der Waals surface area contributed by atoms with Gasteiger partial charge in [0.1, 0.15) is 0 Å². The molecule has 1 aliphatic heterocycles. The molecule has 118 valence electrons. The van der Waals surface area contributed by atoms with Gasteiger partial charge in [0.05, 0.1) is 13.7 Å². The molecule has 0 spiro atoms. The largest absolute Gasteiger partial charge is 0.494 e. The molecule has 7 heteroatoms. The second-order valence-corrected chi connectivity index (χ2v) is 5.16. The third-order valence-electron chi connectivity index (χ3n) is 3.51. The first-order valence-electron chi connectivity index (χ1n) is 6.76. The van der Waals surface area contributed by atoms with Gasteiger partial charge in [0, 0.05) is 30.9 Å². The highest BCUT2D eigenvalue weighted by Gasteiger charge is 2.32. The van der Waals surface area contributed by atoms with E-state index in [1.807, 2.05) is 0 Å². The van der Waals surface area contributed by atoms with Crippen molar-refractivity contribution in [2.75, 3.05) is 32.1 Å². The monoisotopic (exact) mass is 306 g/mol. The maximum absolute atomic E-state index is 13.3. The molecule has 1 saturated heterocycles. The van der Waals surface area contributed by atoms with Crippen LogP contribution in [0.2, 0.25) is 0 Å². The fourth-order valence-electron chi connectivity index (χ4n) is 2.47. The molecule has 0 aromatic heterocycles. The van der Waals surface area contributed by atoms with Crippen LogP contribution in [0.25, 0.3) is 0 Å². The minimum Gasteiger partial charge on any atom is -0.494 e. The summed E-state index contributed by atoms with van der Waals surface area (Å²) >= 11 is 0. The number of alkyl halides is 3. The number of piperidine rings is 1. The van der Waals surface area contributed by atoms with E-state index in [9.17, 15) is 17.6 Å². The normalized spacial score (nSPS) is 17.8. The first-order valence-corrected chi connectivity index (χ1v) is 6.76. The zero-order valence-corrected chi connectivity index (χ0v) is 11.7. The van der Waals surface area contributed by atoms with Crippen molar-refractivity contribution in [2.24, 2.45) is 0 Å². The molecule has 21 heavy (non-hydrogen) atoms. The topological polar surface area (TPSA) is 24.5 Å². The van der Waals surface area contributed by atoms with Gasteiger partial charge in [-0.2, -0.15) is 13.2 Å². The Bertz CT molecular complexity index is 471. The van der Waals surface area contributed by atoms with Crippen LogP contribution in [0.4, 0.5) is 23.2 Å². The molecule has 3 nitrogen and oxygen atoms in total. The van der Waals surface area contributed by atoms with Gasteiger partial charge in [-0.05, 0) is 25.0 Å². The van der Waals surface area contributed by atoms with Crippen molar-refractivity contribution in [3.05, 3.63) is 24.0 Å². The zero-order valence-electron chi connectivity index (χ0n) is 11.7. The predicted octanol–water partition coefficient (Wildman–Crippen LogP) is 3.27. The Morgan fingerprint density at radius 3 is 2.52 bits per heavy atom. The lowest BCUT2D eigenvalue weighted by atomic mass is 10.0. The highest BCUT2D eigenvalue weighted by atomic mass is 19.4. The lowest BCUT2D eigenvalue weighted by molar-refractivity contribution is -0.147. The van der Waals surface area contributed by atoms with Crippen LogP contribution in [0.15, 0.2) is 18.2 Å². The molecule has 1 aromatic carbocycles. The molecule has 0 amide bonds. The lowest BCUT2D eigenvalue weighted by Crippen LogP contribution is -2.43. The van der Waals surface area contributed by atoms with E-state index in [0.29, 0.717) is 31.6 Å². The van der Waals surface area contributed by atoms with E-state index >= 15 is 0 Å². The molecular formula is C14H18F4N2O. The van der Waals surface area contributed by atoms with Crippen molar-refractivity contribution in [2.45, 2.75) is 25.1 Å². The number of nitrogens with one attached hydrogen (secondary N) is 1. The Hall–Kier alpha value is -1.50. The molecule has 0 saturated carbocycles. The average Bonchev–Trinajstić information content (AvgIpc) is 2.41. The summed E-state index contributed by atoms with van der Waals surface area (Å²) in [5.74, 6) is -0.294. The summed E-state index contributed by atoms with van der Waals surface area (Å²) in [6.07, 6.45) is -2.91. The molecule has 2 rings (SSSR count). The number of benzene rings is 1. The summed E-state index contributed by atoms with van der Waals surface area (Å²) in [5.41, 5.74) is 0.711. The van der Waals surface area contributed by atoms with Crippen LogP contribution in [-0.2, 0) is 0 Å². The summed E-state index contributed by atoms with van der Waals surface area (Å²) in [5, 5.41) is 3.21. The number of rotatable bonds is 4. The van der Waals surface area contributed by atoms with Gasteiger partial charge < -0.3 is 10.1 Å². The zero-order chi connectivity index (χ0) is 15.5. The number of methoxy groups -OCH3 is 1. The minimum atomic E-state index is -4.15. The number of ether oxygens (including phenoxy) is 1. The van der Waals surface area contributed by atoms with E-state index < -0.39 is 18.5 Å². The SMILES string of the molecule is COc1cc(NC2CCN(CC(F)(F)F)CC2)ccc1F. The molecule has 0 atom stereocenters. The highest BCUT2D eigenvalue weighted by molar-refractivity contribution is 5.49. The van der Waals surface area contributed by atoms with E-state index in [4.69, 9.17) is 4.74 Å². The predicted molar refractivity (Wildman–Crippen MR) is 72.1 cm³/mol. The van der Waals surface area contributed by atoms with Crippen molar-refractivity contribution in [3.8, 4) is 5.75 Å². The number of hydrogen-bond acceptors (Lipinski definition) is 3. The van der Waals surface area contributed by atoms with Crippen molar-refractivity contribution in [1.82, 2.24) is 4.90 Å². The molecular weight excluding hydrogens is 288 g/mol. The Kier molecular flexibility index (Phi) is 4.92. The van der Waals surface area contributed by atoms with Crippen LogP contribution in [0, 0.1) is 5.82 Å². The van der Waals surface area contributed by atoms with Gasteiger partial charge in [-0.25, -0.2) is 4.39 Å². The van der Waals surface area contributed by atoms with Gasteiger partial charge >= 0.3 is 6.18 Å². The smallest absolute Gasteiger partial charge is 0.401 e. The number of likely N-dealkylation sites (tertiary alicyclic amines) is 1. The molecule has 0 bridgehead atoms. The standard InChI is InChI=1S/C14H18F4N2O/c1-21-13-8-11(2-3-12(13)15)19-10-4-6-20(7-5-10)9-14(16,17)18/h2-3,8,10,19H,4-7,9H2,1H3. The van der Waals surface area contributed by atoms with E-state index in [-0.39, 0.29) is 11.8 Å². The molecule has 1 aliphatic rings. The van der Waals surface area contributed by atoms with Gasteiger partial charge in [-0.15, -0.1) is 0 Å². The summed E-state index contributed by atoms with van der Waals surface area (Å²) < 4.78 is 55.1. The maximum Gasteiger partial charge on any atom is 0.401 e. The minimum absolute atomic E-state index is 0.0876. The fraction of sp³-hybridized carbons (Fsp3) is 0.571. The van der Waals surface area contributed by atoms with Gasteiger partial charge in [0.2, 0.25) is 0 Å². The number of nitrogens with zero attached hydrogens (tertiary/aromatic N) is 1. The van der Waals surface area contributed by atoms with Crippen LogP contribution < -0.4 is 10.1 Å². The Morgan fingerprint density at radius 1 is 1.29 bits per heavy atom. The van der Waals surface area contributed by atoms with Crippen molar-refractivity contribution in [1.29, 1.82) is 0 Å². The van der Waals surface area contributed by atoms with E-state index in [1.165, 1.54) is 18.1 Å². The molecule has 1 fully saturated rings. The molecule has 0 unspecified atom stereocenters. The third kappa shape index (κ3) is 4.77. The Balaban J connectivity index is 1.86. The van der Waals surface area contributed by atoms with E-state index in [0.717, 1.165) is 0 Å². The first-order chi connectivity index (χ1) is 9.87. The van der Waals surface area contributed by atoms with Crippen LogP contribution in [-0.4, -0.2) is 43.9 Å². The van der Waals surface area contributed by atoms with Crippen molar-refractivity contribution in [3.63, 3.8) is 0 Å². The average molecular weight is 306 g/mol. The van der Waals surface area contributed by atoms with Crippen LogP contribution in [0.5, 0.6) is 5.75 Å². The Labute approximate surface area is 120 Å². The maximum atomic E-state index is 13.3. The van der Waals surface area contributed by atoms with Gasteiger partial charge in [-0.1, -0.05) is 0 Å². The second-order valence-electron chi connectivity index (χ2n) is 5.16. The van der Waals surface area contributed by atoms with Crippen molar-refractivity contribution < 1.29 is 22.3 Å². The van der Waals surface area contributed by atoms with E-state index in [1.54, 1.807) is 12.1 Å². The van der Waals surface area contributed by atoms with Gasteiger partial charge in [-0.3, -0.25) is 4.90 Å². The van der Waals surface area contributed by atoms with Crippen LogP contribution in [0.1, 0.15) is 12.8 Å². The van der Waals surface area contributed by atoms with Crippen molar-refractivity contribution >= 4 is 5.69 Å². The van der Waals surface area contributed by atoms with Crippen LogP contribution in [0.3, 0.4) is 0 Å². The fourth-order valence-corrected chi connectivity index (χ4v) is 2.47. The first kappa shape index (κ1) is 15.9. The molecule has 1 heterocycles. The van der Waals surface area contributed by atoms with Gasteiger partial charge in [0.15, 0.2) is 11.6 Å². The molecule has 1 aromatic rings. The number of halogens is 4.